The number of hydrogen-bond donors (Lipinski definition) is 0. The molecule has 3 saturated heterocycles. The minimum atomic E-state index is 0.758. The third-order valence-corrected chi connectivity index (χ3v) is 6.08. The van der Waals surface area contributed by atoms with Gasteiger partial charge in [-0.15, -0.1) is 0 Å². The summed E-state index contributed by atoms with van der Waals surface area (Å²) < 4.78 is 0. The van der Waals surface area contributed by atoms with E-state index in [4.69, 9.17) is 5.26 Å². The average Bonchev–Trinajstić information content (AvgIpc) is 2.81. The van der Waals surface area contributed by atoms with Crippen LogP contribution < -0.4 is 0 Å². The van der Waals surface area contributed by atoms with Gasteiger partial charge in [-0.3, -0.25) is 9.80 Å². The van der Waals surface area contributed by atoms with Gasteiger partial charge in [0.25, 0.3) is 0 Å². The van der Waals surface area contributed by atoms with Crippen LogP contribution >= 0.6 is 0 Å². The van der Waals surface area contributed by atoms with Gasteiger partial charge in [0.2, 0.25) is 0 Å². The predicted molar refractivity (Wildman–Crippen MR) is 91.9 cm³/mol. The number of piperidine rings is 1. The number of rotatable bonds is 4. The van der Waals surface area contributed by atoms with E-state index in [1.165, 1.54) is 63.8 Å². The number of nitrogens with zero attached hydrogens (tertiary/aromatic N) is 3. The van der Waals surface area contributed by atoms with Crippen molar-refractivity contribution in [3.05, 3.63) is 35.4 Å². The van der Waals surface area contributed by atoms with E-state index in [-0.39, 0.29) is 0 Å². The first kappa shape index (κ1) is 15.2. The van der Waals surface area contributed by atoms with Gasteiger partial charge in [-0.1, -0.05) is 18.6 Å². The fourth-order valence-electron chi connectivity index (χ4n) is 4.63. The van der Waals surface area contributed by atoms with E-state index in [2.05, 4.69) is 28.0 Å². The Morgan fingerprint density at radius 3 is 2.78 bits per heavy atom. The van der Waals surface area contributed by atoms with Gasteiger partial charge in [-0.05, 0) is 55.2 Å². The predicted octanol–water partition coefficient (Wildman–Crippen LogP) is 3.25. The normalized spacial score (nSPS) is 29.0. The molecule has 0 N–H and O–H groups in total. The molecule has 2 bridgehead atoms. The second-order valence-electron chi connectivity index (χ2n) is 7.85. The van der Waals surface area contributed by atoms with E-state index in [1.807, 2.05) is 12.1 Å². The van der Waals surface area contributed by atoms with E-state index in [1.54, 1.807) is 0 Å². The SMILES string of the molecule is N#Cc1cccc(CN2C[C@H]3CC[C@@H](C2)N(CC2CCC2)C3)c1. The van der Waals surface area contributed by atoms with Crippen molar-refractivity contribution in [2.24, 2.45) is 11.8 Å². The van der Waals surface area contributed by atoms with Crippen molar-refractivity contribution in [2.75, 3.05) is 26.2 Å². The van der Waals surface area contributed by atoms with Crippen molar-refractivity contribution in [3.8, 4) is 6.07 Å². The lowest BCUT2D eigenvalue weighted by Gasteiger charge is -2.40. The summed E-state index contributed by atoms with van der Waals surface area (Å²) in [6.07, 6.45) is 7.15. The van der Waals surface area contributed by atoms with Crippen molar-refractivity contribution in [1.29, 1.82) is 5.26 Å². The summed E-state index contributed by atoms with van der Waals surface area (Å²) in [7, 11) is 0. The molecule has 2 atom stereocenters. The first-order chi connectivity index (χ1) is 11.3. The number of hydrogen-bond acceptors (Lipinski definition) is 3. The summed E-state index contributed by atoms with van der Waals surface area (Å²) in [5.74, 6) is 1.82. The monoisotopic (exact) mass is 309 g/mol. The van der Waals surface area contributed by atoms with Crippen LogP contribution in [0, 0.1) is 23.2 Å². The maximum absolute atomic E-state index is 9.08. The highest BCUT2D eigenvalue weighted by atomic mass is 15.3. The van der Waals surface area contributed by atoms with Crippen LogP contribution in [0.15, 0.2) is 24.3 Å². The van der Waals surface area contributed by atoms with Gasteiger partial charge < -0.3 is 0 Å². The molecule has 23 heavy (non-hydrogen) atoms. The van der Waals surface area contributed by atoms with Crippen LogP contribution in [-0.2, 0) is 6.54 Å². The Labute approximate surface area is 139 Å². The smallest absolute Gasteiger partial charge is 0.0991 e. The average molecular weight is 309 g/mol. The summed E-state index contributed by atoms with van der Waals surface area (Å²) in [5, 5.41) is 9.08. The van der Waals surface area contributed by atoms with Gasteiger partial charge in [0.05, 0.1) is 11.6 Å². The minimum Gasteiger partial charge on any atom is -0.299 e. The van der Waals surface area contributed by atoms with Gasteiger partial charge in [0.15, 0.2) is 0 Å². The second-order valence-corrected chi connectivity index (χ2v) is 7.85. The molecule has 1 aliphatic carbocycles. The molecule has 4 aliphatic rings. The number of nitriles is 1. The molecule has 1 aromatic rings. The van der Waals surface area contributed by atoms with Gasteiger partial charge in [0, 0.05) is 38.8 Å². The van der Waals surface area contributed by atoms with E-state index in [9.17, 15) is 0 Å². The molecule has 3 heterocycles. The lowest BCUT2D eigenvalue weighted by atomic mass is 9.83. The summed E-state index contributed by atoms with van der Waals surface area (Å²) >= 11 is 0. The standard InChI is InChI=1S/C20H27N3/c21-10-17-5-2-6-18(9-17)11-22-12-19-7-8-20(15-22)23(14-19)13-16-3-1-4-16/h2,5-6,9,16,19-20H,1,3-4,7-8,11-15H2/t19-,20+/m1/s1. The molecule has 3 aliphatic heterocycles. The van der Waals surface area contributed by atoms with Crippen LogP contribution in [0.1, 0.15) is 43.2 Å². The molecule has 0 radical (unpaired) electrons. The Kier molecular flexibility index (Phi) is 4.37. The fourth-order valence-corrected chi connectivity index (χ4v) is 4.63. The maximum Gasteiger partial charge on any atom is 0.0991 e. The molecule has 122 valence electrons. The molecule has 0 amide bonds. The molecule has 5 rings (SSSR count). The minimum absolute atomic E-state index is 0.758. The maximum atomic E-state index is 9.08. The lowest BCUT2D eigenvalue weighted by molar-refractivity contribution is 0.0891. The van der Waals surface area contributed by atoms with Crippen LogP contribution in [0.3, 0.4) is 0 Å². The highest BCUT2D eigenvalue weighted by Gasteiger charge is 2.36. The van der Waals surface area contributed by atoms with Crippen molar-refractivity contribution < 1.29 is 0 Å². The summed E-state index contributed by atoms with van der Waals surface area (Å²) in [6, 6.07) is 11.2. The number of fused-ring (bicyclic) bond motifs is 4. The van der Waals surface area contributed by atoms with Crippen LogP contribution in [0.25, 0.3) is 0 Å². The van der Waals surface area contributed by atoms with Crippen molar-refractivity contribution >= 4 is 0 Å². The van der Waals surface area contributed by atoms with Crippen molar-refractivity contribution in [2.45, 2.75) is 44.7 Å². The third-order valence-electron chi connectivity index (χ3n) is 6.08. The largest absolute Gasteiger partial charge is 0.299 e. The summed E-state index contributed by atoms with van der Waals surface area (Å²) in [6.45, 7) is 6.10. The van der Waals surface area contributed by atoms with Gasteiger partial charge >= 0.3 is 0 Å². The van der Waals surface area contributed by atoms with E-state index in [0.717, 1.165) is 30.0 Å². The molecule has 0 unspecified atom stereocenters. The van der Waals surface area contributed by atoms with E-state index >= 15 is 0 Å². The highest BCUT2D eigenvalue weighted by molar-refractivity contribution is 5.32. The Morgan fingerprint density at radius 1 is 1.09 bits per heavy atom. The third kappa shape index (κ3) is 3.44. The van der Waals surface area contributed by atoms with Crippen LogP contribution in [-0.4, -0.2) is 42.0 Å². The molecular weight excluding hydrogens is 282 g/mol. The van der Waals surface area contributed by atoms with E-state index < -0.39 is 0 Å². The molecule has 3 heteroatoms. The zero-order valence-corrected chi connectivity index (χ0v) is 14.0. The Morgan fingerprint density at radius 2 is 2.00 bits per heavy atom. The van der Waals surface area contributed by atoms with Crippen LogP contribution in [0.2, 0.25) is 0 Å². The molecule has 4 fully saturated rings. The lowest BCUT2D eigenvalue weighted by Crippen LogP contribution is -2.46. The first-order valence-corrected chi connectivity index (χ1v) is 9.25. The summed E-state index contributed by atoms with van der Waals surface area (Å²) in [4.78, 5) is 5.45. The quantitative estimate of drug-likeness (QED) is 0.855. The molecule has 1 saturated carbocycles. The fraction of sp³-hybridized carbons (Fsp3) is 0.650. The zero-order chi connectivity index (χ0) is 15.6. The molecule has 0 spiro atoms. The Hall–Kier alpha value is -1.37. The zero-order valence-electron chi connectivity index (χ0n) is 14.0. The topological polar surface area (TPSA) is 30.3 Å². The molecule has 3 nitrogen and oxygen atoms in total. The van der Waals surface area contributed by atoms with Gasteiger partial charge in [0.1, 0.15) is 0 Å². The Bertz CT molecular complexity index is 587. The number of benzene rings is 1. The molecule has 0 aromatic heterocycles. The molecular formula is C20H27N3. The Balaban J connectivity index is 1.41. The second kappa shape index (κ2) is 6.63. The van der Waals surface area contributed by atoms with Crippen molar-refractivity contribution in [3.63, 3.8) is 0 Å². The van der Waals surface area contributed by atoms with Gasteiger partial charge in [-0.2, -0.15) is 5.26 Å². The molecule has 1 aromatic carbocycles. The van der Waals surface area contributed by atoms with E-state index in [0.29, 0.717) is 0 Å². The highest BCUT2D eigenvalue weighted by Crippen LogP contribution is 2.33. The first-order valence-electron chi connectivity index (χ1n) is 9.25. The van der Waals surface area contributed by atoms with Crippen LogP contribution in [0.5, 0.6) is 0 Å². The van der Waals surface area contributed by atoms with Gasteiger partial charge in [-0.25, -0.2) is 0 Å². The summed E-state index contributed by atoms with van der Waals surface area (Å²) in [5.41, 5.74) is 2.07. The van der Waals surface area contributed by atoms with Crippen LogP contribution in [0.4, 0.5) is 0 Å². The van der Waals surface area contributed by atoms with Crippen molar-refractivity contribution in [1.82, 2.24) is 9.80 Å².